The van der Waals surface area contributed by atoms with E-state index >= 15 is 0 Å². The topological polar surface area (TPSA) is 100 Å². The molecule has 0 bridgehead atoms. The maximum absolute atomic E-state index is 12.6. The molecule has 3 rings (SSSR count). The Labute approximate surface area is 195 Å². The summed E-state index contributed by atoms with van der Waals surface area (Å²) in [5.74, 6) is 0.230. The minimum Gasteiger partial charge on any atom is -0.462 e. The quantitative estimate of drug-likeness (QED) is 0.453. The predicted octanol–water partition coefficient (Wildman–Crippen LogP) is 4.22. The van der Waals surface area contributed by atoms with Crippen LogP contribution in [-0.4, -0.2) is 31.2 Å². The van der Waals surface area contributed by atoms with Gasteiger partial charge in [-0.3, -0.25) is 4.79 Å². The van der Waals surface area contributed by atoms with Gasteiger partial charge in [0.1, 0.15) is 11.3 Å². The van der Waals surface area contributed by atoms with E-state index in [4.69, 9.17) is 8.92 Å². The molecule has 0 saturated carbocycles. The van der Waals surface area contributed by atoms with E-state index in [9.17, 15) is 13.8 Å². The van der Waals surface area contributed by atoms with E-state index in [1.165, 1.54) is 24.3 Å². The molecule has 2 atom stereocenters. The van der Waals surface area contributed by atoms with Gasteiger partial charge in [-0.15, -0.1) is 5.10 Å². The Bertz CT molecular complexity index is 1220. The van der Waals surface area contributed by atoms with Crippen molar-refractivity contribution in [3.8, 4) is 5.75 Å². The van der Waals surface area contributed by atoms with Crippen LogP contribution in [0.25, 0.3) is 10.9 Å². The molecule has 0 radical (unpaired) electrons. The van der Waals surface area contributed by atoms with Gasteiger partial charge in [0, 0.05) is 0 Å². The molecular formula is C24H29N3O5S. The molecular weight excluding hydrogens is 442 g/mol. The van der Waals surface area contributed by atoms with E-state index in [1.54, 1.807) is 12.1 Å². The van der Waals surface area contributed by atoms with Crippen LogP contribution in [0.1, 0.15) is 56.5 Å². The lowest BCUT2D eigenvalue weighted by atomic mass is 9.84. The zero-order valence-electron chi connectivity index (χ0n) is 19.5. The van der Waals surface area contributed by atoms with Crippen LogP contribution in [-0.2, 0) is 16.0 Å². The Morgan fingerprint density at radius 1 is 1.15 bits per heavy atom. The summed E-state index contributed by atoms with van der Waals surface area (Å²) < 4.78 is 23.9. The summed E-state index contributed by atoms with van der Waals surface area (Å²) in [4.78, 5) is 24.9. The number of aromatic nitrogens is 3. The van der Waals surface area contributed by atoms with E-state index in [0.717, 1.165) is 18.4 Å². The fraction of sp³-hybridized carbons (Fsp3) is 0.417. The average Bonchev–Trinajstić information content (AvgIpc) is 2.73. The zero-order valence-corrected chi connectivity index (χ0v) is 20.3. The monoisotopic (exact) mass is 471 g/mol. The number of benzene rings is 2. The standard InChI is InChI=1S/C24H29N3O5S/c1-16-6-11-21-20(14-16)22(28)27(26-25-21)33(30)32-19-9-7-18(8-10-19)23(29)31-13-12-17(2)15-24(3,4)5/h6-11,14,17H,12-13,15H2,1-5H3. The lowest BCUT2D eigenvalue weighted by Crippen LogP contribution is -2.29. The molecule has 0 N–H and O–H groups in total. The molecule has 0 fully saturated rings. The maximum atomic E-state index is 12.6. The first-order valence-electron chi connectivity index (χ1n) is 10.8. The van der Waals surface area contributed by atoms with Gasteiger partial charge in [0.25, 0.3) is 5.56 Å². The molecule has 8 nitrogen and oxygen atoms in total. The fourth-order valence-electron chi connectivity index (χ4n) is 3.59. The number of aryl methyl sites for hydroxylation is 1. The second-order valence-electron chi connectivity index (χ2n) is 9.41. The number of esters is 1. The first-order chi connectivity index (χ1) is 15.5. The largest absolute Gasteiger partial charge is 0.462 e. The first kappa shape index (κ1) is 24.6. The van der Waals surface area contributed by atoms with Crippen molar-refractivity contribution in [2.45, 2.75) is 47.5 Å². The lowest BCUT2D eigenvalue weighted by Gasteiger charge is -2.23. The molecule has 0 spiro atoms. The number of ether oxygens (including phenoxy) is 1. The number of carbonyl (C=O) groups is 1. The number of nitrogens with zero attached hydrogens (tertiary/aromatic N) is 3. The molecule has 2 unspecified atom stereocenters. The summed E-state index contributed by atoms with van der Waals surface area (Å²) in [5.41, 5.74) is 1.31. The van der Waals surface area contributed by atoms with Crippen molar-refractivity contribution >= 4 is 28.1 Å². The highest BCUT2D eigenvalue weighted by atomic mass is 32.2. The Kier molecular flexibility index (Phi) is 7.63. The van der Waals surface area contributed by atoms with Gasteiger partial charge in [-0.2, -0.15) is 4.21 Å². The number of carbonyl (C=O) groups excluding carboxylic acids is 1. The number of rotatable bonds is 8. The van der Waals surface area contributed by atoms with Crippen LogP contribution < -0.4 is 9.74 Å². The third-order valence-corrected chi connectivity index (χ3v) is 5.85. The molecule has 176 valence electrons. The molecule has 3 aromatic rings. The highest BCUT2D eigenvalue weighted by Crippen LogP contribution is 2.26. The van der Waals surface area contributed by atoms with Crippen molar-refractivity contribution in [3.63, 3.8) is 0 Å². The second-order valence-corrected chi connectivity index (χ2v) is 10.4. The van der Waals surface area contributed by atoms with Crippen molar-refractivity contribution in [2.24, 2.45) is 11.3 Å². The van der Waals surface area contributed by atoms with E-state index < -0.39 is 22.8 Å². The molecule has 0 saturated heterocycles. The van der Waals surface area contributed by atoms with Crippen molar-refractivity contribution in [1.82, 2.24) is 14.4 Å². The molecule has 2 aromatic carbocycles. The van der Waals surface area contributed by atoms with Crippen LogP contribution in [0.15, 0.2) is 47.3 Å². The van der Waals surface area contributed by atoms with Gasteiger partial charge >= 0.3 is 17.2 Å². The fourth-order valence-corrected chi connectivity index (χ4v) is 4.26. The minimum atomic E-state index is -2.23. The first-order valence-corrected chi connectivity index (χ1v) is 11.8. The Morgan fingerprint density at radius 3 is 2.52 bits per heavy atom. The van der Waals surface area contributed by atoms with Gasteiger partial charge in [0.15, 0.2) is 0 Å². The smallest absolute Gasteiger partial charge is 0.344 e. The summed E-state index contributed by atoms with van der Waals surface area (Å²) in [6.45, 7) is 10.9. The average molecular weight is 472 g/mol. The SMILES string of the molecule is Cc1ccc2nnn(S(=O)Oc3ccc(C(=O)OCCC(C)CC(C)(C)C)cc3)c(=O)c2c1. The maximum Gasteiger partial charge on any atom is 0.344 e. The highest BCUT2D eigenvalue weighted by Gasteiger charge is 2.17. The van der Waals surface area contributed by atoms with Gasteiger partial charge in [0.05, 0.1) is 17.6 Å². The minimum absolute atomic E-state index is 0.210. The van der Waals surface area contributed by atoms with Crippen LogP contribution in [0, 0.1) is 18.3 Å². The molecule has 9 heteroatoms. The lowest BCUT2D eigenvalue weighted by molar-refractivity contribution is 0.0478. The summed E-state index contributed by atoms with van der Waals surface area (Å²) in [7, 11) is 0. The third kappa shape index (κ3) is 6.71. The van der Waals surface area contributed by atoms with E-state index in [-0.39, 0.29) is 11.2 Å². The Balaban J connectivity index is 1.60. The molecule has 0 aliphatic heterocycles. The predicted molar refractivity (Wildman–Crippen MR) is 127 cm³/mol. The van der Waals surface area contributed by atoms with Crippen LogP contribution >= 0.6 is 0 Å². The number of hydrogen-bond acceptors (Lipinski definition) is 7. The van der Waals surface area contributed by atoms with Gasteiger partial charge in [0.2, 0.25) is 0 Å². The molecule has 0 aliphatic carbocycles. The van der Waals surface area contributed by atoms with Crippen molar-refractivity contribution in [1.29, 1.82) is 0 Å². The number of hydrogen-bond donors (Lipinski definition) is 0. The third-order valence-electron chi connectivity index (χ3n) is 4.99. The normalized spacial score (nSPS) is 13.5. The Morgan fingerprint density at radius 2 is 1.85 bits per heavy atom. The molecule has 1 aromatic heterocycles. The second kappa shape index (κ2) is 10.2. The van der Waals surface area contributed by atoms with E-state index in [1.807, 2.05) is 13.0 Å². The van der Waals surface area contributed by atoms with Crippen molar-refractivity contribution in [3.05, 3.63) is 63.9 Å². The van der Waals surface area contributed by atoms with E-state index in [0.29, 0.717) is 33.1 Å². The summed E-state index contributed by atoms with van der Waals surface area (Å²) >= 11 is -2.23. The van der Waals surface area contributed by atoms with Gasteiger partial charge in [-0.1, -0.05) is 43.4 Å². The van der Waals surface area contributed by atoms with Gasteiger partial charge in [-0.05, 0) is 72.7 Å². The van der Waals surface area contributed by atoms with Crippen LogP contribution in [0.5, 0.6) is 5.75 Å². The molecule has 1 heterocycles. The van der Waals surface area contributed by atoms with Gasteiger partial charge < -0.3 is 8.92 Å². The highest BCUT2D eigenvalue weighted by molar-refractivity contribution is 7.78. The zero-order chi connectivity index (χ0) is 24.2. The Hall–Kier alpha value is -3.07. The summed E-state index contributed by atoms with van der Waals surface area (Å²) in [6, 6.07) is 11.2. The van der Waals surface area contributed by atoms with Crippen molar-refractivity contribution < 1.29 is 17.9 Å². The van der Waals surface area contributed by atoms with Crippen molar-refractivity contribution in [2.75, 3.05) is 6.61 Å². The van der Waals surface area contributed by atoms with E-state index in [2.05, 4.69) is 38.0 Å². The molecule has 33 heavy (non-hydrogen) atoms. The van der Waals surface area contributed by atoms with Gasteiger partial charge in [-0.25, -0.2) is 4.79 Å². The molecule has 0 aliphatic rings. The molecule has 0 amide bonds. The summed E-state index contributed by atoms with van der Waals surface area (Å²) in [6.07, 6.45) is 1.85. The van der Waals surface area contributed by atoms with Crippen LogP contribution in [0.3, 0.4) is 0 Å². The van der Waals surface area contributed by atoms with Crippen LogP contribution in [0.2, 0.25) is 0 Å². The van der Waals surface area contributed by atoms with Crippen LogP contribution in [0.4, 0.5) is 0 Å². The number of fused-ring (bicyclic) bond motifs is 1. The summed E-state index contributed by atoms with van der Waals surface area (Å²) in [5, 5.41) is 7.93.